The van der Waals surface area contributed by atoms with Crippen molar-refractivity contribution in [3.8, 4) is 16.9 Å². The van der Waals surface area contributed by atoms with Crippen LogP contribution in [0.15, 0.2) is 42.5 Å². The minimum atomic E-state index is -0.266. The fourth-order valence-electron chi connectivity index (χ4n) is 4.05. The molecule has 0 saturated heterocycles. The summed E-state index contributed by atoms with van der Waals surface area (Å²) in [6.07, 6.45) is 7.50. The number of unbranched alkanes of at least 4 members (excludes halogenated alkanes) is 1. The number of ether oxygens (including phenoxy) is 2. The fraction of sp³-hybridized carbons (Fsp3) is 0.500. The minimum absolute atomic E-state index is 0.0541. The summed E-state index contributed by atoms with van der Waals surface area (Å²) in [5.74, 6) is 0.484. The van der Waals surface area contributed by atoms with E-state index in [2.05, 4.69) is 12.2 Å². The van der Waals surface area contributed by atoms with Gasteiger partial charge in [-0.1, -0.05) is 31.5 Å². The third-order valence-corrected chi connectivity index (χ3v) is 5.76. The van der Waals surface area contributed by atoms with Gasteiger partial charge in [-0.05, 0) is 79.5 Å². The molecule has 1 aliphatic carbocycles. The zero-order chi connectivity index (χ0) is 22.1. The molecule has 0 radical (unpaired) electrons. The number of benzene rings is 2. The van der Waals surface area contributed by atoms with Crippen LogP contribution in [0.1, 0.15) is 57.9 Å². The lowest BCUT2D eigenvalue weighted by Gasteiger charge is -2.29. The lowest BCUT2D eigenvalue weighted by Crippen LogP contribution is -2.28. The molecule has 0 aromatic heterocycles. The summed E-state index contributed by atoms with van der Waals surface area (Å²) >= 11 is 0. The molecule has 5 heteroatoms. The van der Waals surface area contributed by atoms with E-state index in [1.807, 2.05) is 24.3 Å². The van der Waals surface area contributed by atoms with Crippen LogP contribution in [0.25, 0.3) is 11.1 Å². The summed E-state index contributed by atoms with van der Waals surface area (Å²) < 4.78 is 26.1. The number of amides is 1. The Hall–Kier alpha value is -2.40. The summed E-state index contributed by atoms with van der Waals surface area (Å²) in [6.45, 7) is 5.08. The second-order valence-electron chi connectivity index (χ2n) is 8.30. The third kappa shape index (κ3) is 7.35. The van der Waals surface area contributed by atoms with Gasteiger partial charge in [-0.2, -0.15) is 0 Å². The topological polar surface area (TPSA) is 47.6 Å². The molecule has 0 unspecified atom stereocenters. The van der Waals surface area contributed by atoms with E-state index in [4.69, 9.17) is 9.47 Å². The van der Waals surface area contributed by atoms with E-state index in [0.717, 1.165) is 67.6 Å². The first-order valence-corrected chi connectivity index (χ1v) is 11.5. The van der Waals surface area contributed by atoms with E-state index in [1.54, 1.807) is 12.1 Å². The number of rotatable bonds is 10. The maximum Gasteiger partial charge on any atom is 0.216 e. The van der Waals surface area contributed by atoms with Gasteiger partial charge in [0.15, 0.2) is 0 Å². The largest absolute Gasteiger partial charge is 0.490 e. The molecule has 31 heavy (non-hydrogen) atoms. The van der Waals surface area contributed by atoms with Gasteiger partial charge >= 0.3 is 0 Å². The van der Waals surface area contributed by atoms with Gasteiger partial charge in [0, 0.05) is 20.1 Å². The Balaban J connectivity index is 1.67. The first kappa shape index (κ1) is 23.3. The predicted molar refractivity (Wildman–Crippen MR) is 122 cm³/mol. The highest BCUT2D eigenvalue weighted by atomic mass is 19.1. The molecule has 0 aliphatic heterocycles. The van der Waals surface area contributed by atoms with Crippen LogP contribution in [-0.4, -0.2) is 31.3 Å². The Labute approximate surface area is 185 Å². The zero-order valence-corrected chi connectivity index (χ0v) is 18.7. The number of halogens is 1. The second-order valence-corrected chi connectivity index (χ2v) is 8.30. The van der Waals surface area contributed by atoms with Gasteiger partial charge in [-0.3, -0.25) is 4.79 Å². The molecule has 3 rings (SSSR count). The van der Waals surface area contributed by atoms with Crippen LogP contribution in [0, 0.1) is 5.82 Å². The molecule has 0 heterocycles. The zero-order valence-electron chi connectivity index (χ0n) is 18.7. The Morgan fingerprint density at radius 1 is 1.10 bits per heavy atom. The van der Waals surface area contributed by atoms with Crippen LogP contribution < -0.4 is 10.1 Å². The average molecular weight is 428 g/mol. The van der Waals surface area contributed by atoms with Crippen LogP contribution in [-0.2, 0) is 16.0 Å². The number of carbonyl (C=O) groups excluding carboxylic acids is 1. The van der Waals surface area contributed by atoms with E-state index in [1.165, 1.54) is 13.0 Å². The minimum Gasteiger partial charge on any atom is -0.490 e. The van der Waals surface area contributed by atoms with Crippen molar-refractivity contribution in [3.63, 3.8) is 0 Å². The van der Waals surface area contributed by atoms with Crippen molar-refractivity contribution in [2.75, 3.05) is 13.2 Å². The SMILES string of the molecule is CCCCOC1CCC(Oc2ccc(CCNC(C)=O)c(-c3cccc(F)c3)c2)CC1. The van der Waals surface area contributed by atoms with Crippen LogP contribution in [0.4, 0.5) is 4.39 Å². The third-order valence-electron chi connectivity index (χ3n) is 5.76. The van der Waals surface area contributed by atoms with Crippen LogP contribution >= 0.6 is 0 Å². The molecule has 2 aromatic rings. The van der Waals surface area contributed by atoms with Gasteiger partial charge in [0.2, 0.25) is 5.91 Å². The Kier molecular flexibility index (Phi) is 8.89. The Morgan fingerprint density at radius 3 is 2.58 bits per heavy atom. The monoisotopic (exact) mass is 427 g/mol. The van der Waals surface area contributed by atoms with Crippen LogP contribution in [0.5, 0.6) is 5.75 Å². The number of nitrogens with one attached hydrogen (secondary N) is 1. The van der Waals surface area contributed by atoms with Crippen molar-refractivity contribution in [2.45, 2.75) is 71.0 Å². The van der Waals surface area contributed by atoms with Crippen molar-refractivity contribution in [3.05, 3.63) is 53.8 Å². The highest BCUT2D eigenvalue weighted by molar-refractivity contribution is 5.73. The first-order chi connectivity index (χ1) is 15.0. The predicted octanol–water partition coefficient (Wildman–Crippen LogP) is 5.68. The average Bonchev–Trinajstić information content (AvgIpc) is 2.76. The summed E-state index contributed by atoms with van der Waals surface area (Å²) in [7, 11) is 0. The van der Waals surface area contributed by atoms with Gasteiger partial charge < -0.3 is 14.8 Å². The van der Waals surface area contributed by atoms with Gasteiger partial charge in [0.05, 0.1) is 12.2 Å². The Bertz CT molecular complexity index is 846. The molecule has 1 N–H and O–H groups in total. The number of hydrogen-bond acceptors (Lipinski definition) is 3. The van der Waals surface area contributed by atoms with Crippen molar-refractivity contribution >= 4 is 5.91 Å². The van der Waals surface area contributed by atoms with E-state index < -0.39 is 0 Å². The maximum absolute atomic E-state index is 13.9. The molecule has 0 spiro atoms. The van der Waals surface area contributed by atoms with Gasteiger partial charge in [-0.15, -0.1) is 0 Å². The molecule has 2 aromatic carbocycles. The maximum atomic E-state index is 13.9. The summed E-state index contributed by atoms with van der Waals surface area (Å²) in [4.78, 5) is 11.2. The molecule has 1 saturated carbocycles. The standard InChI is InChI=1S/C26H34FNO3/c1-3-4-16-30-23-10-12-24(13-11-23)31-25-9-8-20(14-15-28-19(2)29)26(18-25)21-6-5-7-22(27)17-21/h5-9,17-18,23-24H,3-4,10-16H2,1-2H3,(H,28,29). The van der Waals surface area contributed by atoms with Crippen molar-refractivity contribution < 1.29 is 18.7 Å². The fourth-order valence-corrected chi connectivity index (χ4v) is 4.05. The van der Waals surface area contributed by atoms with Crippen LogP contribution in [0.2, 0.25) is 0 Å². The van der Waals surface area contributed by atoms with Crippen molar-refractivity contribution in [2.24, 2.45) is 0 Å². The van der Waals surface area contributed by atoms with E-state index in [9.17, 15) is 9.18 Å². The van der Waals surface area contributed by atoms with E-state index in [0.29, 0.717) is 19.1 Å². The van der Waals surface area contributed by atoms with Gasteiger partial charge in [0.25, 0.3) is 0 Å². The number of hydrogen-bond donors (Lipinski definition) is 1. The molecular weight excluding hydrogens is 393 g/mol. The van der Waals surface area contributed by atoms with E-state index in [-0.39, 0.29) is 17.8 Å². The quantitative estimate of drug-likeness (QED) is 0.497. The lowest BCUT2D eigenvalue weighted by atomic mass is 9.94. The lowest BCUT2D eigenvalue weighted by molar-refractivity contribution is -0.118. The van der Waals surface area contributed by atoms with Gasteiger partial charge in [0.1, 0.15) is 11.6 Å². The normalized spacial score (nSPS) is 18.5. The molecule has 0 bridgehead atoms. The Morgan fingerprint density at radius 2 is 1.87 bits per heavy atom. The molecule has 168 valence electrons. The molecule has 0 atom stereocenters. The highest BCUT2D eigenvalue weighted by Crippen LogP contribution is 2.31. The van der Waals surface area contributed by atoms with Crippen LogP contribution in [0.3, 0.4) is 0 Å². The summed E-state index contributed by atoms with van der Waals surface area (Å²) in [5, 5.41) is 2.83. The molecule has 1 amide bonds. The van der Waals surface area contributed by atoms with E-state index >= 15 is 0 Å². The molecule has 1 fully saturated rings. The molecule has 4 nitrogen and oxygen atoms in total. The first-order valence-electron chi connectivity index (χ1n) is 11.5. The molecular formula is C26H34FNO3. The molecule has 1 aliphatic rings. The van der Waals surface area contributed by atoms with Crippen molar-refractivity contribution in [1.82, 2.24) is 5.32 Å². The summed E-state index contributed by atoms with van der Waals surface area (Å²) in [6, 6.07) is 12.6. The second kappa shape index (κ2) is 11.8. The van der Waals surface area contributed by atoms with Gasteiger partial charge in [-0.25, -0.2) is 4.39 Å². The summed E-state index contributed by atoms with van der Waals surface area (Å²) in [5.41, 5.74) is 2.81. The smallest absolute Gasteiger partial charge is 0.216 e. The number of carbonyl (C=O) groups is 1. The highest BCUT2D eigenvalue weighted by Gasteiger charge is 2.23. The van der Waals surface area contributed by atoms with Crippen molar-refractivity contribution in [1.29, 1.82) is 0 Å².